The number of rotatable bonds is 3. The number of benzene rings is 1. The Morgan fingerprint density at radius 2 is 2.08 bits per heavy atom. The standard InChI is InChI=1S/C17H17N5O2S/c23-15(21-17-18-5-8-25-17)11-3-6-22(7-4-11)16(24)12-1-2-13-14(9-12)20-10-19-13/h1-2,5,8-11H,3-4,6-7H2,(H,19,20)(H,18,21,23). The number of amides is 2. The van der Waals surface area contributed by atoms with Crippen molar-refractivity contribution in [2.45, 2.75) is 12.8 Å². The molecule has 0 atom stereocenters. The Kier molecular flexibility index (Phi) is 4.19. The first-order valence-electron chi connectivity index (χ1n) is 8.13. The molecule has 0 spiro atoms. The summed E-state index contributed by atoms with van der Waals surface area (Å²) in [5, 5.41) is 5.29. The van der Waals surface area contributed by atoms with E-state index >= 15 is 0 Å². The van der Waals surface area contributed by atoms with E-state index < -0.39 is 0 Å². The van der Waals surface area contributed by atoms with Crippen LogP contribution in [0.5, 0.6) is 0 Å². The van der Waals surface area contributed by atoms with Crippen molar-refractivity contribution in [2.24, 2.45) is 5.92 Å². The van der Waals surface area contributed by atoms with Gasteiger partial charge >= 0.3 is 0 Å². The zero-order valence-corrected chi connectivity index (χ0v) is 14.3. The highest BCUT2D eigenvalue weighted by atomic mass is 32.1. The van der Waals surface area contributed by atoms with Gasteiger partial charge in [-0.15, -0.1) is 11.3 Å². The number of aromatic nitrogens is 3. The molecule has 0 bridgehead atoms. The lowest BCUT2D eigenvalue weighted by molar-refractivity contribution is -0.121. The highest BCUT2D eigenvalue weighted by Crippen LogP contribution is 2.22. The van der Waals surface area contributed by atoms with Crippen molar-refractivity contribution >= 4 is 39.3 Å². The summed E-state index contributed by atoms with van der Waals surface area (Å²) < 4.78 is 0. The molecule has 2 amide bonds. The summed E-state index contributed by atoms with van der Waals surface area (Å²) in [7, 11) is 0. The SMILES string of the molecule is O=C(Nc1nccs1)C1CCN(C(=O)c2ccc3nc[nH]c3c2)CC1. The molecule has 1 aliphatic rings. The molecule has 1 fully saturated rings. The maximum atomic E-state index is 12.7. The third-order valence-electron chi connectivity index (χ3n) is 4.48. The molecular weight excluding hydrogens is 338 g/mol. The van der Waals surface area contributed by atoms with Gasteiger partial charge in [0.25, 0.3) is 5.91 Å². The lowest BCUT2D eigenvalue weighted by Crippen LogP contribution is -2.41. The molecule has 4 rings (SSSR count). The normalized spacial score (nSPS) is 15.4. The Balaban J connectivity index is 1.37. The van der Waals surface area contributed by atoms with Gasteiger partial charge in [-0.25, -0.2) is 9.97 Å². The van der Waals surface area contributed by atoms with Gasteiger partial charge in [0.2, 0.25) is 5.91 Å². The number of hydrogen-bond acceptors (Lipinski definition) is 5. The van der Waals surface area contributed by atoms with Crippen LogP contribution in [0.2, 0.25) is 0 Å². The molecule has 1 saturated heterocycles. The summed E-state index contributed by atoms with van der Waals surface area (Å²) in [5.74, 6) is -0.0979. The van der Waals surface area contributed by atoms with Crippen LogP contribution >= 0.6 is 11.3 Å². The number of fused-ring (bicyclic) bond motifs is 1. The maximum Gasteiger partial charge on any atom is 0.253 e. The van der Waals surface area contributed by atoms with Crippen molar-refractivity contribution in [2.75, 3.05) is 18.4 Å². The zero-order valence-electron chi connectivity index (χ0n) is 13.4. The molecule has 128 valence electrons. The number of carbonyl (C=O) groups is 2. The number of carbonyl (C=O) groups excluding carboxylic acids is 2. The molecular formula is C17H17N5O2S. The van der Waals surface area contributed by atoms with Crippen molar-refractivity contribution in [3.8, 4) is 0 Å². The van der Waals surface area contributed by atoms with E-state index in [0.717, 1.165) is 11.0 Å². The van der Waals surface area contributed by atoms with E-state index in [1.807, 2.05) is 22.4 Å². The van der Waals surface area contributed by atoms with Crippen LogP contribution < -0.4 is 5.32 Å². The second-order valence-corrected chi connectivity index (χ2v) is 6.92. The Labute approximate surface area is 148 Å². The number of imidazole rings is 1. The van der Waals surface area contributed by atoms with Gasteiger partial charge in [0.15, 0.2) is 5.13 Å². The summed E-state index contributed by atoms with van der Waals surface area (Å²) in [6, 6.07) is 5.46. The van der Waals surface area contributed by atoms with E-state index in [1.165, 1.54) is 11.3 Å². The fourth-order valence-corrected chi connectivity index (χ4v) is 3.62. The third kappa shape index (κ3) is 3.25. The highest BCUT2D eigenvalue weighted by molar-refractivity contribution is 7.13. The van der Waals surface area contributed by atoms with Gasteiger partial charge in [-0.2, -0.15) is 0 Å². The molecule has 0 saturated carbocycles. The molecule has 7 nitrogen and oxygen atoms in total. The minimum Gasteiger partial charge on any atom is -0.345 e. The molecule has 1 aromatic carbocycles. The number of nitrogens with one attached hydrogen (secondary N) is 2. The largest absolute Gasteiger partial charge is 0.345 e. The Morgan fingerprint density at radius 3 is 2.84 bits per heavy atom. The van der Waals surface area contributed by atoms with Crippen molar-refractivity contribution in [1.29, 1.82) is 0 Å². The molecule has 3 heterocycles. The molecule has 0 radical (unpaired) electrons. The minimum absolute atomic E-state index is 0.00437. The third-order valence-corrected chi connectivity index (χ3v) is 5.17. The number of H-pyrrole nitrogens is 1. The van der Waals surface area contributed by atoms with Gasteiger partial charge in [0.05, 0.1) is 17.4 Å². The van der Waals surface area contributed by atoms with E-state index in [1.54, 1.807) is 18.6 Å². The fraction of sp³-hybridized carbons (Fsp3) is 0.294. The van der Waals surface area contributed by atoms with E-state index in [0.29, 0.717) is 36.6 Å². The molecule has 0 aliphatic carbocycles. The zero-order chi connectivity index (χ0) is 17.2. The summed E-state index contributed by atoms with van der Waals surface area (Å²) in [5.41, 5.74) is 2.33. The van der Waals surface area contributed by atoms with Crippen LogP contribution in [0.15, 0.2) is 36.1 Å². The Bertz CT molecular complexity index is 897. The Hall–Kier alpha value is -2.74. The fourth-order valence-electron chi connectivity index (χ4n) is 3.09. The van der Waals surface area contributed by atoms with E-state index in [4.69, 9.17) is 0 Å². The monoisotopic (exact) mass is 355 g/mol. The minimum atomic E-state index is -0.0805. The van der Waals surface area contributed by atoms with Crippen LogP contribution in [0.4, 0.5) is 5.13 Å². The van der Waals surface area contributed by atoms with Crippen LogP contribution in [0.1, 0.15) is 23.2 Å². The van der Waals surface area contributed by atoms with Crippen molar-refractivity contribution in [1.82, 2.24) is 19.9 Å². The van der Waals surface area contributed by atoms with E-state index in [2.05, 4.69) is 20.3 Å². The lowest BCUT2D eigenvalue weighted by atomic mass is 9.95. The molecule has 2 aromatic heterocycles. The van der Waals surface area contributed by atoms with Crippen LogP contribution in [-0.4, -0.2) is 44.8 Å². The predicted octanol–water partition coefficient (Wildman–Crippen LogP) is 2.51. The number of piperidine rings is 1. The summed E-state index contributed by atoms with van der Waals surface area (Å²) >= 11 is 1.40. The number of likely N-dealkylation sites (tertiary alicyclic amines) is 1. The number of aromatic amines is 1. The van der Waals surface area contributed by atoms with Crippen LogP contribution in [0, 0.1) is 5.92 Å². The second-order valence-electron chi connectivity index (χ2n) is 6.03. The average Bonchev–Trinajstić information content (AvgIpc) is 3.32. The van der Waals surface area contributed by atoms with Gasteiger partial charge in [0.1, 0.15) is 0 Å². The lowest BCUT2D eigenvalue weighted by Gasteiger charge is -2.31. The van der Waals surface area contributed by atoms with Gasteiger partial charge in [-0.05, 0) is 31.0 Å². The first kappa shape index (κ1) is 15.8. The smallest absolute Gasteiger partial charge is 0.253 e. The summed E-state index contributed by atoms with van der Waals surface area (Å²) in [6.45, 7) is 1.16. The van der Waals surface area contributed by atoms with Gasteiger partial charge in [-0.1, -0.05) is 0 Å². The molecule has 25 heavy (non-hydrogen) atoms. The topological polar surface area (TPSA) is 91.0 Å². The van der Waals surface area contributed by atoms with Crippen LogP contribution in [0.3, 0.4) is 0 Å². The molecule has 0 unspecified atom stereocenters. The van der Waals surface area contributed by atoms with Crippen molar-refractivity contribution in [3.63, 3.8) is 0 Å². The Morgan fingerprint density at radius 1 is 1.24 bits per heavy atom. The highest BCUT2D eigenvalue weighted by Gasteiger charge is 2.28. The van der Waals surface area contributed by atoms with E-state index in [9.17, 15) is 9.59 Å². The van der Waals surface area contributed by atoms with Gasteiger partial charge in [0, 0.05) is 36.1 Å². The van der Waals surface area contributed by atoms with Crippen LogP contribution in [0.25, 0.3) is 11.0 Å². The van der Waals surface area contributed by atoms with Crippen LogP contribution in [-0.2, 0) is 4.79 Å². The molecule has 1 aliphatic heterocycles. The summed E-state index contributed by atoms with van der Waals surface area (Å²) in [4.78, 5) is 38.0. The quantitative estimate of drug-likeness (QED) is 0.755. The average molecular weight is 355 g/mol. The summed E-state index contributed by atoms with van der Waals surface area (Å²) in [6.07, 6.45) is 4.61. The van der Waals surface area contributed by atoms with Gasteiger partial charge < -0.3 is 15.2 Å². The first-order chi connectivity index (χ1) is 12.2. The second kappa shape index (κ2) is 6.64. The number of hydrogen-bond donors (Lipinski definition) is 2. The number of nitrogens with zero attached hydrogens (tertiary/aromatic N) is 3. The predicted molar refractivity (Wildman–Crippen MR) is 95.5 cm³/mol. The van der Waals surface area contributed by atoms with Crippen molar-refractivity contribution < 1.29 is 9.59 Å². The number of thiazole rings is 1. The first-order valence-corrected chi connectivity index (χ1v) is 9.01. The molecule has 8 heteroatoms. The van der Waals surface area contributed by atoms with Crippen molar-refractivity contribution in [3.05, 3.63) is 41.7 Å². The number of anilines is 1. The van der Waals surface area contributed by atoms with Gasteiger partial charge in [-0.3, -0.25) is 9.59 Å². The molecule has 2 N–H and O–H groups in total. The maximum absolute atomic E-state index is 12.7. The van der Waals surface area contributed by atoms with E-state index in [-0.39, 0.29) is 17.7 Å². The molecule has 3 aromatic rings.